The molecule has 0 aliphatic carbocycles. The molecule has 3 heteroatoms. The SMILES string of the molecule is CC(C)N1CN(c2ccccc2)c2nc(-c3ccccc3)ccc21. The lowest BCUT2D eigenvalue weighted by Crippen LogP contribution is -2.33. The third-order valence-corrected chi connectivity index (χ3v) is 4.47. The van der Waals surface area contributed by atoms with Crippen LogP contribution in [0.25, 0.3) is 11.3 Å². The summed E-state index contributed by atoms with van der Waals surface area (Å²) in [5, 5.41) is 0. The van der Waals surface area contributed by atoms with Crippen molar-refractivity contribution in [3.8, 4) is 11.3 Å². The Labute approximate surface area is 143 Å². The lowest BCUT2D eigenvalue weighted by Gasteiger charge is -2.24. The van der Waals surface area contributed by atoms with Crippen LogP contribution in [0.15, 0.2) is 72.8 Å². The Hall–Kier alpha value is -2.81. The van der Waals surface area contributed by atoms with Gasteiger partial charge >= 0.3 is 0 Å². The number of rotatable bonds is 3. The number of hydrogen-bond acceptors (Lipinski definition) is 3. The number of para-hydroxylation sites is 1. The molecule has 0 radical (unpaired) electrons. The van der Waals surface area contributed by atoms with Crippen molar-refractivity contribution in [2.24, 2.45) is 0 Å². The van der Waals surface area contributed by atoms with Crippen LogP contribution in [0, 0.1) is 0 Å². The second kappa shape index (κ2) is 6.00. The molecule has 0 spiro atoms. The molecule has 0 bridgehead atoms. The Morgan fingerprint density at radius 3 is 2.17 bits per heavy atom. The van der Waals surface area contributed by atoms with E-state index >= 15 is 0 Å². The van der Waals surface area contributed by atoms with Crippen molar-refractivity contribution in [3.05, 3.63) is 72.8 Å². The van der Waals surface area contributed by atoms with Crippen molar-refractivity contribution in [3.63, 3.8) is 0 Å². The van der Waals surface area contributed by atoms with Crippen LogP contribution in [0.3, 0.4) is 0 Å². The van der Waals surface area contributed by atoms with Gasteiger partial charge in [0, 0.05) is 17.3 Å². The third kappa shape index (κ3) is 2.52. The maximum atomic E-state index is 5.00. The van der Waals surface area contributed by atoms with Crippen molar-refractivity contribution in [2.75, 3.05) is 16.5 Å². The third-order valence-electron chi connectivity index (χ3n) is 4.47. The monoisotopic (exact) mass is 315 g/mol. The smallest absolute Gasteiger partial charge is 0.158 e. The fourth-order valence-electron chi connectivity index (χ4n) is 3.18. The summed E-state index contributed by atoms with van der Waals surface area (Å²) in [6.07, 6.45) is 0. The van der Waals surface area contributed by atoms with Crippen molar-refractivity contribution < 1.29 is 0 Å². The number of fused-ring (bicyclic) bond motifs is 1. The molecular formula is C21H21N3. The summed E-state index contributed by atoms with van der Waals surface area (Å²) in [6.45, 7) is 5.29. The molecule has 4 rings (SSSR count). The summed E-state index contributed by atoms with van der Waals surface area (Å²) in [6, 6.07) is 25.6. The molecule has 0 amide bonds. The number of pyridine rings is 1. The zero-order valence-corrected chi connectivity index (χ0v) is 14.1. The predicted molar refractivity (Wildman–Crippen MR) is 101 cm³/mol. The van der Waals surface area contributed by atoms with Gasteiger partial charge in [-0.05, 0) is 38.1 Å². The fraction of sp³-hybridized carbons (Fsp3) is 0.190. The van der Waals surface area contributed by atoms with E-state index in [1.54, 1.807) is 0 Å². The molecule has 0 saturated heterocycles. The van der Waals surface area contributed by atoms with Gasteiger partial charge in [0.2, 0.25) is 0 Å². The molecular weight excluding hydrogens is 294 g/mol. The van der Waals surface area contributed by atoms with Crippen LogP contribution in [0.1, 0.15) is 13.8 Å². The average molecular weight is 315 g/mol. The summed E-state index contributed by atoms with van der Waals surface area (Å²) in [7, 11) is 0. The van der Waals surface area contributed by atoms with E-state index in [1.165, 1.54) is 11.4 Å². The molecule has 3 nitrogen and oxygen atoms in total. The maximum absolute atomic E-state index is 5.00. The van der Waals surface area contributed by atoms with Crippen LogP contribution < -0.4 is 9.80 Å². The Morgan fingerprint density at radius 1 is 0.833 bits per heavy atom. The first-order valence-corrected chi connectivity index (χ1v) is 8.40. The van der Waals surface area contributed by atoms with E-state index in [1.807, 2.05) is 6.07 Å². The highest BCUT2D eigenvalue weighted by molar-refractivity contribution is 5.81. The van der Waals surface area contributed by atoms with Crippen molar-refractivity contribution in [2.45, 2.75) is 19.9 Å². The molecule has 24 heavy (non-hydrogen) atoms. The molecule has 120 valence electrons. The van der Waals surface area contributed by atoms with E-state index in [0.29, 0.717) is 6.04 Å². The standard InChI is InChI=1S/C21H21N3/c1-16(2)23-15-24(18-11-7-4-8-12-18)21-20(23)14-13-19(22-21)17-9-5-3-6-10-17/h3-14,16H,15H2,1-2H3. The number of hydrogen-bond donors (Lipinski definition) is 0. The number of anilines is 3. The van der Waals surface area contributed by atoms with E-state index in [-0.39, 0.29) is 0 Å². The number of nitrogens with zero attached hydrogens (tertiary/aromatic N) is 3. The van der Waals surface area contributed by atoms with Gasteiger partial charge in [0.25, 0.3) is 0 Å². The summed E-state index contributed by atoms with van der Waals surface area (Å²) >= 11 is 0. The van der Waals surface area contributed by atoms with Gasteiger partial charge < -0.3 is 9.80 Å². The molecule has 2 heterocycles. The minimum atomic E-state index is 0.432. The van der Waals surface area contributed by atoms with E-state index in [9.17, 15) is 0 Å². The van der Waals surface area contributed by atoms with Gasteiger partial charge in [-0.2, -0.15) is 0 Å². The Morgan fingerprint density at radius 2 is 1.50 bits per heavy atom. The zero-order chi connectivity index (χ0) is 16.5. The fourth-order valence-corrected chi connectivity index (χ4v) is 3.18. The summed E-state index contributed by atoms with van der Waals surface area (Å²) in [5.74, 6) is 1.04. The van der Waals surface area contributed by atoms with Crippen LogP contribution in [-0.4, -0.2) is 17.7 Å². The van der Waals surface area contributed by atoms with E-state index in [4.69, 9.17) is 4.98 Å². The molecule has 0 fully saturated rings. The molecule has 0 unspecified atom stereocenters. The summed E-state index contributed by atoms with van der Waals surface area (Å²) < 4.78 is 0. The Balaban J connectivity index is 1.82. The molecule has 2 aromatic carbocycles. The second-order valence-corrected chi connectivity index (χ2v) is 6.37. The van der Waals surface area contributed by atoms with Crippen molar-refractivity contribution in [1.29, 1.82) is 0 Å². The average Bonchev–Trinajstić information content (AvgIpc) is 3.02. The van der Waals surface area contributed by atoms with Gasteiger partial charge in [-0.1, -0.05) is 48.5 Å². The van der Waals surface area contributed by atoms with E-state index in [2.05, 4.69) is 90.4 Å². The lowest BCUT2D eigenvalue weighted by molar-refractivity contribution is 0.709. The minimum Gasteiger partial charge on any atom is -0.348 e. The van der Waals surface area contributed by atoms with Crippen LogP contribution >= 0.6 is 0 Å². The van der Waals surface area contributed by atoms with E-state index in [0.717, 1.165) is 23.7 Å². The molecule has 1 aromatic heterocycles. The first-order valence-electron chi connectivity index (χ1n) is 8.40. The quantitative estimate of drug-likeness (QED) is 0.672. The van der Waals surface area contributed by atoms with Crippen molar-refractivity contribution >= 4 is 17.2 Å². The van der Waals surface area contributed by atoms with Crippen LogP contribution in [0.2, 0.25) is 0 Å². The maximum Gasteiger partial charge on any atom is 0.158 e. The largest absolute Gasteiger partial charge is 0.348 e. The van der Waals surface area contributed by atoms with Crippen LogP contribution in [0.4, 0.5) is 17.2 Å². The first-order chi connectivity index (χ1) is 11.7. The van der Waals surface area contributed by atoms with Crippen molar-refractivity contribution in [1.82, 2.24) is 4.98 Å². The highest BCUT2D eigenvalue weighted by atomic mass is 15.4. The van der Waals surface area contributed by atoms with Crippen LogP contribution in [0.5, 0.6) is 0 Å². The number of aromatic nitrogens is 1. The topological polar surface area (TPSA) is 19.4 Å². The second-order valence-electron chi connectivity index (χ2n) is 6.37. The lowest BCUT2D eigenvalue weighted by atomic mass is 10.1. The first kappa shape index (κ1) is 14.8. The van der Waals surface area contributed by atoms with Gasteiger partial charge in [-0.3, -0.25) is 0 Å². The highest BCUT2D eigenvalue weighted by Gasteiger charge is 2.30. The van der Waals surface area contributed by atoms with Gasteiger partial charge in [0.15, 0.2) is 5.82 Å². The van der Waals surface area contributed by atoms with Crippen LogP contribution in [-0.2, 0) is 0 Å². The molecule has 1 aliphatic rings. The minimum absolute atomic E-state index is 0.432. The number of benzene rings is 2. The van der Waals surface area contributed by atoms with Gasteiger partial charge in [-0.15, -0.1) is 0 Å². The summed E-state index contributed by atoms with van der Waals surface area (Å²) in [5.41, 5.74) is 4.55. The zero-order valence-electron chi connectivity index (χ0n) is 14.1. The highest BCUT2D eigenvalue weighted by Crippen LogP contribution is 2.41. The van der Waals surface area contributed by atoms with Gasteiger partial charge in [-0.25, -0.2) is 4.98 Å². The van der Waals surface area contributed by atoms with E-state index < -0.39 is 0 Å². The Bertz CT molecular complexity index is 828. The Kier molecular flexibility index (Phi) is 3.69. The predicted octanol–water partition coefficient (Wildman–Crippen LogP) is 5.07. The normalized spacial score (nSPS) is 13.5. The van der Waals surface area contributed by atoms with Gasteiger partial charge in [0.05, 0.1) is 18.1 Å². The molecule has 1 aliphatic heterocycles. The molecule has 3 aromatic rings. The molecule has 0 atom stereocenters. The molecule has 0 N–H and O–H groups in total. The van der Waals surface area contributed by atoms with Gasteiger partial charge in [0.1, 0.15) is 0 Å². The molecule has 0 saturated carbocycles. The summed E-state index contributed by atoms with van der Waals surface area (Å²) in [4.78, 5) is 9.68.